The second kappa shape index (κ2) is 4.99. The van der Waals surface area contributed by atoms with E-state index in [9.17, 15) is 4.39 Å². The Hall–Kier alpha value is -0.540. The average molecular weight is 225 g/mol. The fraction of sp³-hybridized carbons (Fsp3) is 0.500. The van der Waals surface area contributed by atoms with Crippen molar-refractivity contribution in [3.05, 3.63) is 35.6 Å². The number of halogens is 1. The van der Waals surface area contributed by atoms with Gasteiger partial charge in [0.1, 0.15) is 5.82 Å². The molecule has 0 saturated carbocycles. The van der Waals surface area contributed by atoms with E-state index in [0.29, 0.717) is 12.3 Å². The molecule has 3 heteroatoms. The molecule has 1 aromatic carbocycles. The van der Waals surface area contributed by atoms with Gasteiger partial charge in [-0.1, -0.05) is 18.2 Å². The second-order valence-electron chi connectivity index (χ2n) is 4.08. The first-order valence-corrected chi connectivity index (χ1v) is 6.49. The predicted molar refractivity (Wildman–Crippen MR) is 63.5 cm³/mol. The van der Waals surface area contributed by atoms with Crippen LogP contribution in [0.3, 0.4) is 0 Å². The summed E-state index contributed by atoms with van der Waals surface area (Å²) in [6.07, 6.45) is 1.85. The van der Waals surface area contributed by atoms with Crippen LogP contribution in [0.2, 0.25) is 0 Å². The highest BCUT2D eigenvalue weighted by Crippen LogP contribution is 2.27. The van der Waals surface area contributed by atoms with Crippen LogP contribution in [-0.2, 0) is 6.42 Å². The minimum Gasteiger partial charge on any atom is -0.327 e. The van der Waals surface area contributed by atoms with E-state index in [2.05, 4.69) is 0 Å². The van der Waals surface area contributed by atoms with Crippen molar-refractivity contribution in [2.45, 2.75) is 18.9 Å². The summed E-state index contributed by atoms with van der Waals surface area (Å²) in [5, 5.41) is 0. The molecule has 0 spiro atoms. The average Bonchev–Trinajstić information content (AvgIpc) is 2.74. The summed E-state index contributed by atoms with van der Waals surface area (Å²) in [6.45, 7) is 0. The van der Waals surface area contributed by atoms with Gasteiger partial charge >= 0.3 is 0 Å². The molecule has 82 valence electrons. The van der Waals surface area contributed by atoms with Crippen molar-refractivity contribution in [1.82, 2.24) is 0 Å². The Bertz CT molecular complexity index is 323. The van der Waals surface area contributed by atoms with Crippen molar-refractivity contribution in [2.24, 2.45) is 11.7 Å². The molecule has 0 bridgehead atoms. The Morgan fingerprint density at radius 1 is 1.47 bits per heavy atom. The molecule has 1 nitrogen and oxygen atoms in total. The Balaban J connectivity index is 1.99. The molecule has 1 fully saturated rings. The van der Waals surface area contributed by atoms with Crippen molar-refractivity contribution in [2.75, 3.05) is 11.5 Å². The maximum absolute atomic E-state index is 13.4. The van der Waals surface area contributed by atoms with Gasteiger partial charge in [0, 0.05) is 6.04 Å². The number of nitrogens with two attached hydrogens (primary N) is 1. The Morgan fingerprint density at radius 2 is 2.27 bits per heavy atom. The predicted octanol–water partition coefficient (Wildman–Crippen LogP) is 2.45. The molecule has 1 saturated heterocycles. The van der Waals surface area contributed by atoms with Crippen molar-refractivity contribution in [1.29, 1.82) is 0 Å². The summed E-state index contributed by atoms with van der Waals surface area (Å²) in [7, 11) is 0. The topological polar surface area (TPSA) is 26.0 Å². The summed E-state index contributed by atoms with van der Waals surface area (Å²) in [6, 6.07) is 7.03. The van der Waals surface area contributed by atoms with E-state index in [4.69, 9.17) is 5.73 Å². The third-order valence-electron chi connectivity index (χ3n) is 2.98. The maximum atomic E-state index is 13.4. The molecule has 1 aliphatic heterocycles. The van der Waals surface area contributed by atoms with Crippen molar-refractivity contribution < 1.29 is 4.39 Å². The smallest absolute Gasteiger partial charge is 0.126 e. The van der Waals surface area contributed by atoms with Gasteiger partial charge in [0.15, 0.2) is 0 Å². The number of benzene rings is 1. The van der Waals surface area contributed by atoms with Crippen LogP contribution in [0.15, 0.2) is 24.3 Å². The first-order chi connectivity index (χ1) is 7.27. The quantitative estimate of drug-likeness (QED) is 0.855. The highest BCUT2D eigenvalue weighted by Gasteiger charge is 2.23. The molecule has 15 heavy (non-hydrogen) atoms. The number of rotatable bonds is 3. The van der Waals surface area contributed by atoms with Crippen molar-refractivity contribution in [3.8, 4) is 0 Å². The van der Waals surface area contributed by atoms with Gasteiger partial charge in [0.2, 0.25) is 0 Å². The summed E-state index contributed by atoms with van der Waals surface area (Å²) in [5.41, 5.74) is 6.85. The normalized spacial score (nSPS) is 22.9. The van der Waals surface area contributed by atoms with Crippen LogP contribution in [0.1, 0.15) is 12.0 Å². The fourth-order valence-electron chi connectivity index (χ4n) is 1.97. The molecule has 0 amide bonds. The molecule has 2 rings (SSSR count). The number of thioether (sulfide) groups is 1. The SMILES string of the molecule is NC(Cc1ccccc1F)C1CCSC1. The largest absolute Gasteiger partial charge is 0.327 e. The lowest BCUT2D eigenvalue weighted by molar-refractivity contribution is 0.455. The molecular formula is C12H16FNS. The first kappa shape index (κ1) is 11.0. The lowest BCUT2D eigenvalue weighted by Gasteiger charge is -2.18. The van der Waals surface area contributed by atoms with Crippen LogP contribution >= 0.6 is 11.8 Å². The number of hydrogen-bond acceptors (Lipinski definition) is 2. The molecule has 0 aromatic heterocycles. The third kappa shape index (κ3) is 2.73. The standard InChI is InChI=1S/C12H16FNS/c13-11-4-2-1-3-9(11)7-12(14)10-5-6-15-8-10/h1-4,10,12H,5-8,14H2. The zero-order chi connectivity index (χ0) is 10.7. The van der Waals surface area contributed by atoms with Crippen LogP contribution in [-0.4, -0.2) is 17.5 Å². The van der Waals surface area contributed by atoms with Gasteiger partial charge in [-0.15, -0.1) is 0 Å². The summed E-state index contributed by atoms with van der Waals surface area (Å²) in [4.78, 5) is 0. The minimum absolute atomic E-state index is 0.108. The molecule has 0 aliphatic carbocycles. The van der Waals surface area contributed by atoms with Gasteiger partial charge in [-0.3, -0.25) is 0 Å². The zero-order valence-electron chi connectivity index (χ0n) is 8.66. The Labute approximate surface area is 94.2 Å². The van der Waals surface area contributed by atoms with Crippen LogP contribution in [0.25, 0.3) is 0 Å². The molecule has 2 N–H and O–H groups in total. The minimum atomic E-state index is -0.126. The van der Waals surface area contributed by atoms with E-state index in [0.717, 1.165) is 11.3 Å². The summed E-state index contributed by atoms with van der Waals surface area (Å²) >= 11 is 1.95. The molecule has 2 atom stereocenters. The van der Waals surface area contributed by atoms with E-state index in [-0.39, 0.29) is 11.9 Å². The van der Waals surface area contributed by atoms with Crippen molar-refractivity contribution >= 4 is 11.8 Å². The molecule has 1 aromatic rings. The summed E-state index contributed by atoms with van der Waals surface area (Å²) in [5.74, 6) is 2.78. The molecule has 1 aliphatic rings. The fourth-order valence-corrected chi connectivity index (χ4v) is 3.33. The molecule has 2 unspecified atom stereocenters. The Kier molecular flexibility index (Phi) is 3.65. The van der Waals surface area contributed by atoms with Gasteiger partial charge in [0.25, 0.3) is 0 Å². The first-order valence-electron chi connectivity index (χ1n) is 5.34. The third-order valence-corrected chi connectivity index (χ3v) is 4.17. The number of hydrogen-bond donors (Lipinski definition) is 1. The van der Waals surface area contributed by atoms with Crippen LogP contribution in [0, 0.1) is 11.7 Å². The highest BCUT2D eigenvalue weighted by atomic mass is 32.2. The molecular weight excluding hydrogens is 209 g/mol. The van der Waals surface area contributed by atoms with E-state index < -0.39 is 0 Å². The van der Waals surface area contributed by atoms with E-state index in [1.165, 1.54) is 18.2 Å². The maximum Gasteiger partial charge on any atom is 0.126 e. The zero-order valence-corrected chi connectivity index (χ0v) is 9.47. The van der Waals surface area contributed by atoms with Crippen LogP contribution in [0.4, 0.5) is 4.39 Å². The van der Waals surface area contributed by atoms with E-state index in [1.807, 2.05) is 23.9 Å². The lowest BCUT2D eigenvalue weighted by Crippen LogP contribution is -2.32. The van der Waals surface area contributed by atoms with Gasteiger partial charge in [-0.25, -0.2) is 4.39 Å². The van der Waals surface area contributed by atoms with Gasteiger partial charge in [0.05, 0.1) is 0 Å². The lowest BCUT2D eigenvalue weighted by atomic mass is 9.94. The van der Waals surface area contributed by atoms with Gasteiger partial charge in [-0.05, 0) is 41.9 Å². The highest BCUT2D eigenvalue weighted by molar-refractivity contribution is 7.99. The second-order valence-corrected chi connectivity index (χ2v) is 5.23. The van der Waals surface area contributed by atoms with Gasteiger partial charge in [-0.2, -0.15) is 11.8 Å². The van der Waals surface area contributed by atoms with E-state index in [1.54, 1.807) is 6.07 Å². The van der Waals surface area contributed by atoms with Crippen molar-refractivity contribution in [3.63, 3.8) is 0 Å². The van der Waals surface area contributed by atoms with Crippen LogP contribution in [0.5, 0.6) is 0 Å². The van der Waals surface area contributed by atoms with Gasteiger partial charge < -0.3 is 5.73 Å². The Morgan fingerprint density at radius 3 is 2.93 bits per heavy atom. The van der Waals surface area contributed by atoms with Crippen LogP contribution < -0.4 is 5.73 Å². The molecule has 0 radical (unpaired) electrons. The van der Waals surface area contributed by atoms with E-state index >= 15 is 0 Å². The molecule has 1 heterocycles. The summed E-state index contributed by atoms with van der Waals surface area (Å²) < 4.78 is 13.4. The monoisotopic (exact) mass is 225 g/mol.